The molecule has 6 nitrogen and oxygen atoms in total. The number of aliphatic hydroxyl groups excluding tert-OH is 1. The highest BCUT2D eigenvalue weighted by molar-refractivity contribution is 5.74. The van der Waals surface area contributed by atoms with Crippen LogP contribution in [0, 0.1) is 5.92 Å². The van der Waals surface area contributed by atoms with Gasteiger partial charge in [-0.3, -0.25) is 10.5 Å². The van der Waals surface area contributed by atoms with Gasteiger partial charge in [-0.05, 0) is 48.9 Å². The van der Waals surface area contributed by atoms with Gasteiger partial charge in [0.05, 0.1) is 13.2 Å². The molecule has 25 heavy (non-hydrogen) atoms. The normalized spacial score (nSPS) is 19.4. The zero-order valence-corrected chi connectivity index (χ0v) is 15.8. The number of methoxy groups -OCH3 is 1. The van der Waals surface area contributed by atoms with E-state index in [0.717, 1.165) is 17.5 Å². The Labute approximate surface area is 149 Å². The van der Waals surface area contributed by atoms with Crippen LogP contribution in [0.1, 0.15) is 51.3 Å². The summed E-state index contributed by atoms with van der Waals surface area (Å²) < 4.78 is 11.2. The Balaban J connectivity index is 2.25. The third-order valence-electron chi connectivity index (χ3n) is 4.72. The van der Waals surface area contributed by atoms with Crippen LogP contribution in [0.15, 0.2) is 12.1 Å². The fourth-order valence-corrected chi connectivity index (χ4v) is 3.35. The summed E-state index contributed by atoms with van der Waals surface area (Å²) in [7, 11) is 1.57. The number of amides is 1. The average Bonchev–Trinajstić information content (AvgIpc) is 2.53. The number of carbonyl (C=O) groups excluding carboxylic acids is 1. The summed E-state index contributed by atoms with van der Waals surface area (Å²) in [5, 5.41) is 10.2. The minimum atomic E-state index is -0.816. The van der Waals surface area contributed by atoms with Crippen LogP contribution in [-0.2, 0) is 11.2 Å². The quantitative estimate of drug-likeness (QED) is 0.769. The fraction of sp³-hybridized carbons (Fsp3) is 0.632. The molecule has 0 aliphatic carbocycles. The number of hydrogen-bond donors (Lipinski definition) is 2. The number of nitrogens with zero attached hydrogens (tertiary/aromatic N) is 1. The summed E-state index contributed by atoms with van der Waals surface area (Å²) in [5.74, 6) is 1.48. The molecule has 0 spiro atoms. The van der Waals surface area contributed by atoms with Crippen LogP contribution in [0.25, 0.3) is 0 Å². The molecule has 1 aromatic rings. The molecular formula is C19H30N2O4. The predicted octanol–water partition coefficient (Wildman–Crippen LogP) is 2.23. The second kappa shape index (κ2) is 8.06. The number of carbonyl (C=O) groups is 1. The number of fused-ring (bicyclic) bond motifs is 1. The van der Waals surface area contributed by atoms with Crippen molar-refractivity contribution in [1.29, 1.82) is 0 Å². The lowest BCUT2D eigenvalue weighted by molar-refractivity contribution is -0.131. The lowest BCUT2D eigenvalue weighted by Gasteiger charge is -2.35. The van der Waals surface area contributed by atoms with Crippen molar-refractivity contribution in [2.75, 3.05) is 13.7 Å². The Morgan fingerprint density at radius 2 is 2.08 bits per heavy atom. The highest BCUT2D eigenvalue weighted by Gasteiger charge is 2.28. The first-order chi connectivity index (χ1) is 11.7. The first-order valence-electron chi connectivity index (χ1n) is 8.82. The number of rotatable bonds is 6. The molecule has 140 valence electrons. The van der Waals surface area contributed by atoms with Gasteiger partial charge in [0.25, 0.3) is 0 Å². The molecule has 3 unspecified atom stereocenters. The molecule has 0 aromatic heterocycles. The van der Waals surface area contributed by atoms with E-state index in [1.807, 2.05) is 37.8 Å². The zero-order chi connectivity index (χ0) is 18.7. The van der Waals surface area contributed by atoms with Gasteiger partial charge in [0.2, 0.25) is 5.91 Å². The van der Waals surface area contributed by atoms with Crippen molar-refractivity contribution in [2.24, 2.45) is 11.7 Å². The summed E-state index contributed by atoms with van der Waals surface area (Å²) in [6.45, 7) is 8.33. The monoisotopic (exact) mass is 350 g/mol. The van der Waals surface area contributed by atoms with Gasteiger partial charge in [-0.1, -0.05) is 13.8 Å². The second-order valence-electron chi connectivity index (χ2n) is 7.12. The van der Waals surface area contributed by atoms with Gasteiger partial charge in [-0.25, -0.2) is 0 Å². The third-order valence-corrected chi connectivity index (χ3v) is 4.72. The molecule has 1 aliphatic heterocycles. The van der Waals surface area contributed by atoms with Gasteiger partial charge in [0.1, 0.15) is 6.10 Å². The van der Waals surface area contributed by atoms with Gasteiger partial charge in [0.15, 0.2) is 17.7 Å². The largest absolute Gasteiger partial charge is 0.493 e. The van der Waals surface area contributed by atoms with E-state index in [1.165, 1.54) is 0 Å². The molecule has 1 aromatic carbocycles. The van der Waals surface area contributed by atoms with Crippen LogP contribution in [0.3, 0.4) is 0 Å². The van der Waals surface area contributed by atoms with Crippen molar-refractivity contribution in [2.45, 2.75) is 58.9 Å². The molecule has 0 bridgehead atoms. The van der Waals surface area contributed by atoms with Crippen molar-refractivity contribution < 1.29 is 19.4 Å². The minimum Gasteiger partial charge on any atom is -0.493 e. The van der Waals surface area contributed by atoms with Gasteiger partial charge >= 0.3 is 0 Å². The molecule has 3 atom stereocenters. The number of hydrogen-bond acceptors (Lipinski definition) is 5. The van der Waals surface area contributed by atoms with Crippen molar-refractivity contribution in [1.82, 2.24) is 4.90 Å². The Kier molecular flexibility index (Phi) is 6.30. The Hall–Kier alpha value is -1.79. The molecule has 1 amide bonds. The highest BCUT2D eigenvalue weighted by Crippen LogP contribution is 2.38. The van der Waals surface area contributed by atoms with E-state index in [0.29, 0.717) is 30.4 Å². The predicted molar refractivity (Wildman–Crippen MR) is 96.6 cm³/mol. The lowest BCUT2D eigenvalue weighted by Crippen LogP contribution is -2.41. The van der Waals surface area contributed by atoms with E-state index in [1.54, 1.807) is 14.0 Å². The smallest absolute Gasteiger partial charge is 0.219 e. The molecule has 0 saturated heterocycles. The standard InChI is InChI=1S/C19H30N2O4/c1-11(2)8-16(23)19(20)25-18-9-14-6-7-21(13(4)22)12(3)15(14)10-17(18)24-5/h9-12,16,19,23H,6-8,20H2,1-5H3. The number of ether oxygens (including phenoxy) is 2. The van der Waals surface area contributed by atoms with E-state index in [9.17, 15) is 9.90 Å². The maximum Gasteiger partial charge on any atom is 0.219 e. The van der Waals surface area contributed by atoms with E-state index in [-0.39, 0.29) is 11.9 Å². The Morgan fingerprint density at radius 3 is 2.64 bits per heavy atom. The Bertz CT molecular complexity index is 618. The zero-order valence-electron chi connectivity index (χ0n) is 15.8. The summed E-state index contributed by atoms with van der Waals surface area (Å²) in [6.07, 6.45) is -0.237. The number of nitrogens with two attached hydrogens (primary N) is 1. The molecule has 0 saturated carbocycles. The van der Waals surface area contributed by atoms with Crippen LogP contribution in [0.2, 0.25) is 0 Å². The molecule has 0 fully saturated rings. The molecule has 1 aliphatic rings. The maximum absolute atomic E-state index is 11.8. The SMILES string of the molecule is COc1cc2c(cc1OC(N)C(O)CC(C)C)CCN(C(C)=O)C2C. The second-order valence-corrected chi connectivity index (χ2v) is 7.12. The van der Waals surface area contributed by atoms with Crippen molar-refractivity contribution >= 4 is 5.91 Å². The summed E-state index contributed by atoms with van der Waals surface area (Å²) in [6, 6.07) is 3.82. The van der Waals surface area contributed by atoms with Gasteiger partial charge in [-0.15, -0.1) is 0 Å². The minimum absolute atomic E-state index is 0.00981. The van der Waals surface area contributed by atoms with Crippen LogP contribution in [0.5, 0.6) is 11.5 Å². The average molecular weight is 350 g/mol. The van der Waals surface area contributed by atoms with Gasteiger partial charge < -0.3 is 19.5 Å². The van der Waals surface area contributed by atoms with Crippen LogP contribution >= 0.6 is 0 Å². The number of benzene rings is 1. The fourth-order valence-electron chi connectivity index (χ4n) is 3.35. The van der Waals surface area contributed by atoms with E-state index in [2.05, 4.69) is 0 Å². The van der Waals surface area contributed by atoms with Crippen molar-refractivity contribution in [3.63, 3.8) is 0 Å². The van der Waals surface area contributed by atoms with Crippen molar-refractivity contribution in [3.05, 3.63) is 23.3 Å². The summed E-state index contributed by atoms with van der Waals surface area (Å²) in [5.41, 5.74) is 8.18. The maximum atomic E-state index is 11.8. The molecule has 3 N–H and O–H groups in total. The molecule has 2 rings (SSSR count). The van der Waals surface area contributed by atoms with Crippen LogP contribution < -0.4 is 15.2 Å². The topological polar surface area (TPSA) is 85.0 Å². The summed E-state index contributed by atoms with van der Waals surface area (Å²) in [4.78, 5) is 13.6. The van der Waals surface area contributed by atoms with Crippen molar-refractivity contribution in [3.8, 4) is 11.5 Å². The third kappa shape index (κ3) is 4.44. The molecular weight excluding hydrogens is 320 g/mol. The lowest BCUT2D eigenvalue weighted by atomic mass is 9.92. The Morgan fingerprint density at radius 1 is 1.40 bits per heavy atom. The molecule has 6 heteroatoms. The van der Waals surface area contributed by atoms with Gasteiger partial charge in [0, 0.05) is 13.5 Å². The van der Waals surface area contributed by atoms with Gasteiger partial charge in [-0.2, -0.15) is 0 Å². The highest BCUT2D eigenvalue weighted by atomic mass is 16.5. The van der Waals surface area contributed by atoms with E-state index in [4.69, 9.17) is 15.2 Å². The van der Waals surface area contributed by atoms with Crippen LogP contribution in [-0.4, -0.2) is 41.9 Å². The first-order valence-corrected chi connectivity index (χ1v) is 8.82. The first kappa shape index (κ1) is 19.5. The van der Waals surface area contributed by atoms with E-state index >= 15 is 0 Å². The summed E-state index contributed by atoms with van der Waals surface area (Å²) >= 11 is 0. The van der Waals surface area contributed by atoms with E-state index < -0.39 is 12.3 Å². The van der Waals surface area contributed by atoms with Crippen LogP contribution in [0.4, 0.5) is 0 Å². The molecule has 0 radical (unpaired) electrons. The molecule has 1 heterocycles. The number of aliphatic hydroxyl groups is 1.